The van der Waals surface area contributed by atoms with Crippen molar-refractivity contribution in [3.8, 4) is 0 Å². The van der Waals surface area contributed by atoms with Gasteiger partial charge in [-0.3, -0.25) is 14.9 Å². The van der Waals surface area contributed by atoms with E-state index in [0.29, 0.717) is 12.1 Å². The lowest BCUT2D eigenvalue weighted by atomic mass is 10.2. The molecule has 86 valence electrons. The lowest BCUT2D eigenvalue weighted by Crippen LogP contribution is -2.24. The van der Waals surface area contributed by atoms with E-state index in [-0.39, 0.29) is 11.6 Å². The van der Waals surface area contributed by atoms with Gasteiger partial charge < -0.3 is 5.32 Å². The third-order valence-electron chi connectivity index (χ3n) is 2.14. The topological polar surface area (TPSA) is 72.2 Å². The number of nitrogens with zero attached hydrogens (tertiary/aromatic N) is 1. The van der Waals surface area contributed by atoms with Gasteiger partial charge in [0.2, 0.25) is 0 Å². The Hall–Kier alpha value is -1.91. The van der Waals surface area contributed by atoms with Crippen molar-refractivity contribution in [3.63, 3.8) is 0 Å². The van der Waals surface area contributed by atoms with Crippen LogP contribution >= 0.6 is 0 Å². The summed E-state index contributed by atoms with van der Waals surface area (Å²) in [5.74, 6) is -0.267. The van der Waals surface area contributed by atoms with Gasteiger partial charge in [-0.2, -0.15) is 0 Å². The van der Waals surface area contributed by atoms with Gasteiger partial charge in [-0.1, -0.05) is 19.4 Å². The number of hydrogen-bond acceptors (Lipinski definition) is 3. The van der Waals surface area contributed by atoms with Crippen LogP contribution in [-0.2, 0) is 0 Å². The first-order chi connectivity index (χ1) is 7.65. The van der Waals surface area contributed by atoms with Crippen molar-refractivity contribution in [2.45, 2.75) is 19.8 Å². The SMILES string of the molecule is CCCCNC(=O)c1cccc([N+](=O)[O-])c1. The zero-order valence-corrected chi connectivity index (χ0v) is 9.10. The van der Waals surface area contributed by atoms with E-state index in [1.54, 1.807) is 6.07 Å². The van der Waals surface area contributed by atoms with Crippen LogP contribution in [0.15, 0.2) is 24.3 Å². The smallest absolute Gasteiger partial charge is 0.270 e. The molecule has 0 saturated heterocycles. The van der Waals surface area contributed by atoms with Crippen LogP contribution in [0.1, 0.15) is 30.1 Å². The van der Waals surface area contributed by atoms with Gasteiger partial charge >= 0.3 is 0 Å². The zero-order valence-electron chi connectivity index (χ0n) is 9.10. The standard InChI is InChI=1S/C11H14N2O3/c1-2-3-7-12-11(14)9-5-4-6-10(8-9)13(15)16/h4-6,8H,2-3,7H2,1H3,(H,12,14). The molecule has 0 saturated carbocycles. The molecular formula is C11H14N2O3. The van der Waals surface area contributed by atoms with Crippen LogP contribution in [0.25, 0.3) is 0 Å². The van der Waals surface area contributed by atoms with Crippen LogP contribution in [0, 0.1) is 10.1 Å². The van der Waals surface area contributed by atoms with Crippen LogP contribution in [0.2, 0.25) is 0 Å². The molecule has 0 radical (unpaired) electrons. The molecule has 16 heavy (non-hydrogen) atoms. The Morgan fingerprint density at radius 2 is 2.25 bits per heavy atom. The van der Waals surface area contributed by atoms with Crippen LogP contribution < -0.4 is 5.32 Å². The summed E-state index contributed by atoms with van der Waals surface area (Å²) in [5.41, 5.74) is 0.258. The van der Waals surface area contributed by atoms with E-state index < -0.39 is 4.92 Å². The molecule has 0 aliphatic carbocycles. The van der Waals surface area contributed by atoms with E-state index in [4.69, 9.17) is 0 Å². The Morgan fingerprint density at radius 1 is 1.50 bits per heavy atom. The molecule has 0 unspecified atom stereocenters. The molecule has 5 heteroatoms. The number of unbranched alkanes of at least 4 members (excludes halogenated alkanes) is 1. The highest BCUT2D eigenvalue weighted by atomic mass is 16.6. The van der Waals surface area contributed by atoms with Gasteiger partial charge in [-0.15, -0.1) is 0 Å². The second-order valence-corrected chi connectivity index (χ2v) is 3.42. The predicted molar refractivity (Wildman–Crippen MR) is 60.3 cm³/mol. The van der Waals surface area contributed by atoms with E-state index in [0.717, 1.165) is 12.8 Å². The normalized spacial score (nSPS) is 9.81. The highest BCUT2D eigenvalue weighted by Gasteiger charge is 2.10. The summed E-state index contributed by atoms with van der Waals surface area (Å²) < 4.78 is 0. The number of nitro benzene ring substituents is 1. The largest absolute Gasteiger partial charge is 0.352 e. The summed E-state index contributed by atoms with van der Waals surface area (Å²) in [7, 11) is 0. The highest BCUT2D eigenvalue weighted by Crippen LogP contribution is 2.12. The quantitative estimate of drug-likeness (QED) is 0.471. The molecule has 0 bridgehead atoms. The van der Waals surface area contributed by atoms with E-state index in [9.17, 15) is 14.9 Å². The van der Waals surface area contributed by atoms with Crippen molar-refractivity contribution < 1.29 is 9.72 Å². The molecule has 1 rings (SSSR count). The van der Waals surface area contributed by atoms with Gasteiger partial charge in [0.15, 0.2) is 0 Å². The second-order valence-electron chi connectivity index (χ2n) is 3.42. The molecule has 0 aliphatic rings. The van der Waals surface area contributed by atoms with Gasteiger partial charge in [0.1, 0.15) is 0 Å². The monoisotopic (exact) mass is 222 g/mol. The van der Waals surface area contributed by atoms with Crippen molar-refractivity contribution >= 4 is 11.6 Å². The van der Waals surface area contributed by atoms with Crippen LogP contribution in [0.4, 0.5) is 5.69 Å². The van der Waals surface area contributed by atoms with Crippen molar-refractivity contribution in [2.24, 2.45) is 0 Å². The summed E-state index contributed by atoms with van der Waals surface area (Å²) in [6, 6.07) is 5.71. The van der Waals surface area contributed by atoms with Gasteiger partial charge in [0.25, 0.3) is 11.6 Å². The molecule has 1 amide bonds. The molecular weight excluding hydrogens is 208 g/mol. The molecule has 0 fully saturated rings. The van der Waals surface area contributed by atoms with Crippen molar-refractivity contribution in [3.05, 3.63) is 39.9 Å². The summed E-state index contributed by atoms with van der Waals surface area (Å²) >= 11 is 0. The third-order valence-corrected chi connectivity index (χ3v) is 2.14. The molecule has 1 aromatic rings. The first kappa shape index (κ1) is 12.2. The Kier molecular flexibility index (Phi) is 4.44. The molecule has 0 heterocycles. The maximum atomic E-state index is 11.6. The Bertz CT molecular complexity index is 391. The number of hydrogen-bond donors (Lipinski definition) is 1. The fourth-order valence-electron chi connectivity index (χ4n) is 1.24. The number of rotatable bonds is 5. The van der Waals surface area contributed by atoms with Gasteiger partial charge in [0, 0.05) is 24.2 Å². The number of nitro groups is 1. The second kappa shape index (κ2) is 5.85. The number of non-ortho nitro benzene ring substituents is 1. The van der Waals surface area contributed by atoms with E-state index in [1.165, 1.54) is 18.2 Å². The summed E-state index contributed by atoms with van der Waals surface area (Å²) in [4.78, 5) is 21.6. The van der Waals surface area contributed by atoms with E-state index >= 15 is 0 Å². The maximum absolute atomic E-state index is 11.6. The van der Waals surface area contributed by atoms with Crippen LogP contribution in [-0.4, -0.2) is 17.4 Å². The average Bonchev–Trinajstić information content (AvgIpc) is 2.29. The van der Waals surface area contributed by atoms with Crippen molar-refractivity contribution in [1.82, 2.24) is 5.32 Å². The number of nitrogens with one attached hydrogen (secondary N) is 1. The lowest BCUT2D eigenvalue weighted by molar-refractivity contribution is -0.384. The molecule has 0 spiro atoms. The zero-order chi connectivity index (χ0) is 12.0. The van der Waals surface area contributed by atoms with Crippen molar-refractivity contribution in [2.75, 3.05) is 6.54 Å². The van der Waals surface area contributed by atoms with Crippen LogP contribution in [0.5, 0.6) is 0 Å². The van der Waals surface area contributed by atoms with E-state index in [2.05, 4.69) is 5.32 Å². The fourth-order valence-corrected chi connectivity index (χ4v) is 1.24. The first-order valence-electron chi connectivity index (χ1n) is 5.17. The summed E-state index contributed by atoms with van der Waals surface area (Å²) in [6.45, 7) is 2.62. The van der Waals surface area contributed by atoms with Gasteiger partial charge in [-0.25, -0.2) is 0 Å². The molecule has 5 nitrogen and oxygen atoms in total. The minimum atomic E-state index is -0.511. The number of amides is 1. The minimum Gasteiger partial charge on any atom is -0.352 e. The number of carbonyl (C=O) groups excluding carboxylic acids is 1. The molecule has 1 N–H and O–H groups in total. The molecule has 1 aromatic carbocycles. The Labute approximate surface area is 93.6 Å². The van der Waals surface area contributed by atoms with Crippen LogP contribution in [0.3, 0.4) is 0 Å². The first-order valence-corrected chi connectivity index (χ1v) is 5.17. The molecule has 0 aromatic heterocycles. The number of benzene rings is 1. The summed E-state index contributed by atoms with van der Waals surface area (Å²) in [5, 5.41) is 13.2. The van der Waals surface area contributed by atoms with E-state index in [1.807, 2.05) is 6.92 Å². The van der Waals surface area contributed by atoms with Gasteiger partial charge in [0.05, 0.1) is 4.92 Å². The van der Waals surface area contributed by atoms with Gasteiger partial charge in [-0.05, 0) is 12.5 Å². The average molecular weight is 222 g/mol. The maximum Gasteiger partial charge on any atom is 0.270 e. The van der Waals surface area contributed by atoms with Crippen molar-refractivity contribution in [1.29, 1.82) is 0 Å². The third kappa shape index (κ3) is 3.34. The highest BCUT2D eigenvalue weighted by molar-refractivity contribution is 5.94. The Morgan fingerprint density at radius 3 is 2.88 bits per heavy atom. The summed E-state index contributed by atoms with van der Waals surface area (Å²) in [6.07, 6.45) is 1.90. The molecule has 0 aliphatic heterocycles. The lowest BCUT2D eigenvalue weighted by Gasteiger charge is -2.03. The minimum absolute atomic E-state index is 0.0665. The molecule has 0 atom stereocenters. The number of carbonyl (C=O) groups is 1. The Balaban J connectivity index is 2.68. The fraction of sp³-hybridized carbons (Fsp3) is 0.364. The predicted octanol–water partition coefficient (Wildman–Crippen LogP) is 2.12.